The summed E-state index contributed by atoms with van der Waals surface area (Å²) in [6.45, 7) is 6.20. The zero-order chi connectivity index (χ0) is 11.1. The molecule has 0 aliphatic rings. The second-order valence-corrected chi connectivity index (χ2v) is 4.57. The van der Waals surface area contributed by atoms with E-state index in [1.807, 2.05) is 7.05 Å². The smallest absolute Gasteiger partial charge is 0.0800 e. The molecule has 0 aromatic carbocycles. The first kappa shape index (κ1) is 12.5. The van der Waals surface area contributed by atoms with Crippen LogP contribution in [-0.2, 0) is 13.0 Å². The van der Waals surface area contributed by atoms with E-state index in [4.69, 9.17) is 0 Å². The highest BCUT2D eigenvalue weighted by molar-refractivity contribution is 7.05. The van der Waals surface area contributed by atoms with E-state index in [2.05, 4.69) is 34.1 Å². The predicted octanol–water partition coefficient (Wildman–Crippen LogP) is 1.19. The molecule has 0 amide bonds. The van der Waals surface area contributed by atoms with Crippen LogP contribution in [-0.4, -0.2) is 29.2 Å². The molecule has 1 atom stereocenters. The third-order valence-corrected chi connectivity index (χ3v) is 3.01. The van der Waals surface area contributed by atoms with Crippen molar-refractivity contribution in [2.45, 2.75) is 39.3 Å². The SMILES string of the molecule is CCCc1nnsc1CNC(C)CNC. The van der Waals surface area contributed by atoms with E-state index in [9.17, 15) is 0 Å². The Bertz CT molecular complexity index is 274. The van der Waals surface area contributed by atoms with Gasteiger partial charge >= 0.3 is 0 Å². The van der Waals surface area contributed by atoms with Gasteiger partial charge in [-0.15, -0.1) is 5.10 Å². The number of hydrogen-bond donors (Lipinski definition) is 2. The molecule has 1 aromatic heterocycles. The van der Waals surface area contributed by atoms with Crippen LogP contribution < -0.4 is 10.6 Å². The summed E-state index contributed by atoms with van der Waals surface area (Å²) in [5.41, 5.74) is 1.16. The number of aromatic nitrogens is 2. The first-order valence-electron chi connectivity index (χ1n) is 5.46. The average Bonchev–Trinajstić information content (AvgIpc) is 2.64. The number of nitrogens with one attached hydrogen (secondary N) is 2. The summed E-state index contributed by atoms with van der Waals surface area (Å²) >= 11 is 1.51. The zero-order valence-electron chi connectivity index (χ0n) is 9.71. The molecule has 4 nitrogen and oxygen atoms in total. The Labute approximate surface area is 95.6 Å². The zero-order valence-corrected chi connectivity index (χ0v) is 10.5. The highest BCUT2D eigenvalue weighted by Crippen LogP contribution is 2.12. The summed E-state index contributed by atoms with van der Waals surface area (Å²) in [6, 6.07) is 0.478. The van der Waals surface area contributed by atoms with Gasteiger partial charge in [0.15, 0.2) is 0 Å². The van der Waals surface area contributed by atoms with Crippen LogP contribution in [0.1, 0.15) is 30.8 Å². The van der Waals surface area contributed by atoms with Gasteiger partial charge in [0.25, 0.3) is 0 Å². The van der Waals surface area contributed by atoms with Crippen molar-refractivity contribution in [2.24, 2.45) is 0 Å². The fraction of sp³-hybridized carbons (Fsp3) is 0.800. The van der Waals surface area contributed by atoms with Crippen molar-refractivity contribution >= 4 is 11.5 Å². The average molecular weight is 228 g/mol. The first-order chi connectivity index (χ1) is 7.27. The van der Waals surface area contributed by atoms with Gasteiger partial charge in [-0.1, -0.05) is 17.8 Å². The lowest BCUT2D eigenvalue weighted by Gasteiger charge is -2.12. The van der Waals surface area contributed by atoms with Crippen molar-refractivity contribution in [3.8, 4) is 0 Å². The third-order valence-electron chi connectivity index (χ3n) is 2.24. The molecular formula is C10H20N4S. The molecule has 0 fully saturated rings. The molecule has 0 saturated heterocycles. The van der Waals surface area contributed by atoms with E-state index in [0.717, 1.165) is 31.6 Å². The van der Waals surface area contributed by atoms with Gasteiger partial charge in [0, 0.05) is 19.1 Å². The second-order valence-electron chi connectivity index (χ2n) is 3.73. The minimum atomic E-state index is 0.478. The number of rotatable bonds is 7. The van der Waals surface area contributed by atoms with Crippen molar-refractivity contribution in [3.63, 3.8) is 0 Å². The van der Waals surface area contributed by atoms with Crippen molar-refractivity contribution in [1.82, 2.24) is 20.2 Å². The lowest BCUT2D eigenvalue weighted by atomic mass is 10.2. The molecule has 0 bridgehead atoms. The molecule has 0 aliphatic heterocycles. The predicted molar refractivity (Wildman–Crippen MR) is 64.1 cm³/mol. The summed E-state index contributed by atoms with van der Waals surface area (Å²) < 4.78 is 4.00. The molecule has 1 rings (SSSR count). The number of aryl methyl sites for hydroxylation is 1. The maximum Gasteiger partial charge on any atom is 0.0800 e. The van der Waals surface area contributed by atoms with Crippen LogP contribution in [0, 0.1) is 0 Å². The topological polar surface area (TPSA) is 49.8 Å². The van der Waals surface area contributed by atoms with Crippen LogP contribution in [0.4, 0.5) is 0 Å². The largest absolute Gasteiger partial charge is 0.318 e. The Kier molecular flexibility index (Phi) is 5.75. The van der Waals surface area contributed by atoms with Gasteiger partial charge < -0.3 is 10.6 Å². The van der Waals surface area contributed by atoms with Crippen molar-refractivity contribution in [2.75, 3.05) is 13.6 Å². The Balaban J connectivity index is 2.39. The molecule has 5 heteroatoms. The van der Waals surface area contributed by atoms with Crippen LogP contribution in [0.3, 0.4) is 0 Å². The van der Waals surface area contributed by atoms with Gasteiger partial charge in [0.1, 0.15) is 0 Å². The Hall–Kier alpha value is -0.520. The molecule has 0 radical (unpaired) electrons. The van der Waals surface area contributed by atoms with Crippen molar-refractivity contribution < 1.29 is 0 Å². The normalized spacial score (nSPS) is 13.0. The maximum absolute atomic E-state index is 4.14. The molecule has 86 valence electrons. The van der Waals surface area contributed by atoms with Gasteiger partial charge in [0.2, 0.25) is 0 Å². The van der Waals surface area contributed by atoms with Crippen LogP contribution in [0.5, 0.6) is 0 Å². The van der Waals surface area contributed by atoms with Crippen molar-refractivity contribution in [3.05, 3.63) is 10.6 Å². The number of nitrogens with zero attached hydrogens (tertiary/aromatic N) is 2. The standard InChI is InChI=1S/C10H20N4S/c1-4-5-9-10(15-14-13-9)7-12-8(2)6-11-3/h8,11-12H,4-7H2,1-3H3. The van der Waals surface area contributed by atoms with Crippen LogP contribution in [0.15, 0.2) is 0 Å². The molecule has 15 heavy (non-hydrogen) atoms. The fourth-order valence-corrected chi connectivity index (χ4v) is 2.07. The van der Waals surface area contributed by atoms with Crippen molar-refractivity contribution in [1.29, 1.82) is 0 Å². The van der Waals surface area contributed by atoms with E-state index in [1.54, 1.807) is 0 Å². The van der Waals surface area contributed by atoms with Crippen LogP contribution >= 0.6 is 11.5 Å². The Morgan fingerprint density at radius 2 is 2.27 bits per heavy atom. The summed E-state index contributed by atoms with van der Waals surface area (Å²) in [7, 11) is 1.97. The molecule has 2 N–H and O–H groups in total. The first-order valence-corrected chi connectivity index (χ1v) is 6.23. The number of likely N-dealkylation sites (N-methyl/N-ethyl adjacent to an activating group) is 1. The second kappa shape index (κ2) is 6.87. The third kappa shape index (κ3) is 4.24. The van der Waals surface area contributed by atoms with E-state index >= 15 is 0 Å². The molecular weight excluding hydrogens is 208 g/mol. The summed E-state index contributed by atoms with van der Waals surface area (Å²) in [5, 5.41) is 10.7. The number of hydrogen-bond acceptors (Lipinski definition) is 5. The van der Waals surface area contributed by atoms with Crippen LogP contribution in [0.2, 0.25) is 0 Å². The molecule has 0 saturated carbocycles. The van der Waals surface area contributed by atoms with E-state index in [0.29, 0.717) is 6.04 Å². The van der Waals surface area contributed by atoms with E-state index in [-0.39, 0.29) is 0 Å². The van der Waals surface area contributed by atoms with Gasteiger partial charge in [-0.3, -0.25) is 0 Å². The molecule has 1 heterocycles. The minimum absolute atomic E-state index is 0.478. The lowest BCUT2D eigenvalue weighted by molar-refractivity contribution is 0.524. The molecule has 1 unspecified atom stereocenters. The van der Waals surface area contributed by atoms with Crippen LogP contribution in [0.25, 0.3) is 0 Å². The summed E-state index contributed by atoms with van der Waals surface area (Å²) in [6.07, 6.45) is 2.17. The van der Waals surface area contributed by atoms with Gasteiger partial charge in [0.05, 0.1) is 10.6 Å². The summed E-state index contributed by atoms with van der Waals surface area (Å²) in [4.78, 5) is 1.28. The molecule has 0 spiro atoms. The summed E-state index contributed by atoms with van der Waals surface area (Å²) in [5.74, 6) is 0. The minimum Gasteiger partial charge on any atom is -0.318 e. The highest BCUT2D eigenvalue weighted by atomic mass is 32.1. The molecule has 0 aliphatic carbocycles. The van der Waals surface area contributed by atoms with Gasteiger partial charge in [-0.25, -0.2) is 0 Å². The Morgan fingerprint density at radius 3 is 2.93 bits per heavy atom. The van der Waals surface area contributed by atoms with Gasteiger partial charge in [-0.05, 0) is 31.9 Å². The quantitative estimate of drug-likeness (QED) is 0.736. The van der Waals surface area contributed by atoms with E-state index < -0.39 is 0 Å². The lowest BCUT2D eigenvalue weighted by Crippen LogP contribution is -2.34. The van der Waals surface area contributed by atoms with Gasteiger partial charge in [-0.2, -0.15) is 0 Å². The molecule has 1 aromatic rings. The Morgan fingerprint density at radius 1 is 1.47 bits per heavy atom. The van der Waals surface area contributed by atoms with E-state index in [1.165, 1.54) is 16.4 Å². The monoisotopic (exact) mass is 228 g/mol. The fourth-order valence-electron chi connectivity index (χ4n) is 1.43. The maximum atomic E-state index is 4.14. The highest BCUT2D eigenvalue weighted by Gasteiger charge is 2.07.